The molecule has 1 aliphatic heterocycles. The molecular weight excluding hydrogens is 689 g/mol. The molecule has 2 amide bonds. The Morgan fingerprint density at radius 2 is 1.64 bits per heavy atom. The van der Waals surface area contributed by atoms with Gasteiger partial charge in [-0.2, -0.15) is 17.8 Å². The SMILES string of the molecule is CC(C)CN(C[C@@H](OC(=O)CCC(=O)N[C@H](C(=O)O)C(C)C)[C@H](Cc1ccccc1)NC(=O)O[C@H]1CCOC1)S(=O)(=O)c1ccc(N)cc1.S. The summed E-state index contributed by atoms with van der Waals surface area (Å²) in [6, 6.07) is 12.7. The van der Waals surface area contributed by atoms with Gasteiger partial charge in [-0.3, -0.25) is 9.59 Å². The Balaban J connectivity index is 0.00000867. The second kappa shape index (κ2) is 20.1. The molecule has 14 nitrogen and oxygen atoms in total. The van der Waals surface area contributed by atoms with Crippen LogP contribution in [0, 0.1) is 11.8 Å². The Labute approximate surface area is 300 Å². The van der Waals surface area contributed by atoms with Crippen LogP contribution >= 0.6 is 13.5 Å². The summed E-state index contributed by atoms with van der Waals surface area (Å²) in [5.74, 6) is -3.25. The summed E-state index contributed by atoms with van der Waals surface area (Å²) in [6.07, 6.45) is -2.65. The molecule has 0 aromatic heterocycles. The van der Waals surface area contributed by atoms with Gasteiger partial charge in [-0.05, 0) is 48.1 Å². The van der Waals surface area contributed by atoms with E-state index in [1.54, 1.807) is 26.0 Å². The topological polar surface area (TPSA) is 204 Å². The molecule has 0 saturated carbocycles. The molecule has 0 radical (unpaired) electrons. The van der Waals surface area contributed by atoms with Crippen molar-refractivity contribution in [1.29, 1.82) is 0 Å². The number of nitrogens with one attached hydrogen (secondary N) is 2. The van der Waals surface area contributed by atoms with Crippen LogP contribution in [0.25, 0.3) is 0 Å². The first-order valence-corrected chi connectivity index (χ1v) is 17.8. The number of aliphatic carboxylic acids is 1. The van der Waals surface area contributed by atoms with Crippen LogP contribution in [0.1, 0.15) is 52.5 Å². The highest BCUT2D eigenvalue weighted by atomic mass is 32.2. The van der Waals surface area contributed by atoms with Gasteiger partial charge in [-0.15, -0.1) is 0 Å². The Bertz CT molecular complexity index is 1500. The zero-order valence-corrected chi connectivity index (χ0v) is 30.7. The molecule has 1 heterocycles. The Morgan fingerprint density at radius 1 is 0.980 bits per heavy atom. The van der Waals surface area contributed by atoms with Crippen molar-refractivity contribution in [2.45, 2.75) is 82.6 Å². The van der Waals surface area contributed by atoms with Gasteiger partial charge in [0.2, 0.25) is 15.9 Å². The number of amides is 2. The van der Waals surface area contributed by atoms with Crippen molar-refractivity contribution in [1.82, 2.24) is 14.9 Å². The molecule has 1 fully saturated rings. The fourth-order valence-electron chi connectivity index (χ4n) is 5.20. The summed E-state index contributed by atoms with van der Waals surface area (Å²) >= 11 is 0. The van der Waals surface area contributed by atoms with Crippen LogP contribution in [0.2, 0.25) is 0 Å². The van der Waals surface area contributed by atoms with E-state index in [0.29, 0.717) is 18.7 Å². The summed E-state index contributed by atoms with van der Waals surface area (Å²) in [5, 5.41) is 14.6. The van der Waals surface area contributed by atoms with E-state index in [1.165, 1.54) is 28.6 Å². The van der Waals surface area contributed by atoms with Crippen LogP contribution in [0.3, 0.4) is 0 Å². The second-order valence-electron chi connectivity index (χ2n) is 12.8. The van der Waals surface area contributed by atoms with E-state index in [9.17, 15) is 32.7 Å². The molecule has 50 heavy (non-hydrogen) atoms. The van der Waals surface area contributed by atoms with Gasteiger partial charge in [-0.25, -0.2) is 18.0 Å². The van der Waals surface area contributed by atoms with Crippen molar-refractivity contribution in [3.8, 4) is 0 Å². The number of carbonyl (C=O) groups is 4. The maximum Gasteiger partial charge on any atom is 0.407 e. The molecule has 0 aliphatic carbocycles. The number of nitrogens with zero attached hydrogens (tertiary/aromatic N) is 1. The van der Waals surface area contributed by atoms with Gasteiger partial charge in [0.25, 0.3) is 0 Å². The van der Waals surface area contributed by atoms with Gasteiger partial charge in [0.05, 0.1) is 37.1 Å². The smallest absolute Gasteiger partial charge is 0.407 e. The van der Waals surface area contributed by atoms with Crippen LogP contribution in [-0.4, -0.2) is 92.4 Å². The minimum absolute atomic E-state index is 0. The Morgan fingerprint density at radius 3 is 2.20 bits per heavy atom. The molecule has 1 aliphatic rings. The molecule has 3 rings (SSSR count). The molecule has 2 aromatic carbocycles. The highest BCUT2D eigenvalue weighted by Gasteiger charge is 2.35. The van der Waals surface area contributed by atoms with Gasteiger partial charge < -0.3 is 35.7 Å². The second-order valence-corrected chi connectivity index (χ2v) is 14.7. The monoisotopic (exact) mass is 738 g/mol. The number of carboxylic acids is 1. The van der Waals surface area contributed by atoms with E-state index >= 15 is 0 Å². The van der Waals surface area contributed by atoms with Crippen molar-refractivity contribution in [2.24, 2.45) is 11.8 Å². The number of alkyl carbamates (subject to hydrolysis) is 1. The largest absolute Gasteiger partial charge is 0.480 e. The zero-order chi connectivity index (χ0) is 36.1. The van der Waals surface area contributed by atoms with Crippen molar-refractivity contribution in [3.63, 3.8) is 0 Å². The molecule has 1 saturated heterocycles. The number of hydrogen-bond donors (Lipinski definition) is 4. The van der Waals surface area contributed by atoms with Gasteiger partial charge in [-0.1, -0.05) is 58.0 Å². The lowest BCUT2D eigenvalue weighted by molar-refractivity contribution is -0.152. The summed E-state index contributed by atoms with van der Waals surface area (Å²) in [4.78, 5) is 50.6. The predicted octanol–water partition coefficient (Wildman–Crippen LogP) is 3.07. The molecular formula is C34H50N4O10S2. The van der Waals surface area contributed by atoms with Crippen molar-refractivity contribution >= 4 is 53.1 Å². The van der Waals surface area contributed by atoms with E-state index < -0.39 is 70.6 Å². The maximum absolute atomic E-state index is 14.0. The van der Waals surface area contributed by atoms with Crippen LogP contribution < -0.4 is 16.4 Å². The number of nitrogens with two attached hydrogens (primary N) is 1. The standard InChI is InChI=1S/C34H48N4O10S.H2S/c1-22(2)19-38(49(44,45)27-12-10-25(35)11-13-27)20-29(48-31(40)15-14-30(39)37-32(23(3)4)33(41)42)28(18-24-8-6-5-7-9-24)36-34(43)47-26-16-17-46-21-26;/h5-13,22-23,26,28-29,32H,14-21,35H2,1-4H3,(H,36,43)(H,37,39)(H,41,42);1H2/t26-,28-,29+,32-;/m0./s1. The van der Waals surface area contributed by atoms with Crippen LogP contribution in [0.5, 0.6) is 0 Å². The predicted molar refractivity (Wildman–Crippen MR) is 191 cm³/mol. The molecule has 0 unspecified atom stereocenters. The van der Waals surface area contributed by atoms with E-state index in [-0.39, 0.29) is 56.8 Å². The minimum atomic E-state index is -4.15. The third-order valence-corrected chi connectivity index (χ3v) is 9.62. The number of rotatable bonds is 18. The number of ether oxygens (including phenoxy) is 3. The summed E-state index contributed by atoms with van der Waals surface area (Å²) in [7, 11) is -4.15. The van der Waals surface area contributed by atoms with E-state index in [0.717, 1.165) is 5.56 Å². The Hall–Kier alpha value is -3.86. The maximum atomic E-state index is 14.0. The molecule has 16 heteroatoms. The third-order valence-electron chi connectivity index (χ3n) is 7.77. The van der Waals surface area contributed by atoms with Gasteiger partial charge in [0.1, 0.15) is 18.2 Å². The number of benzene rings is 2. The molecule has 2 aromatic rings. The summed E-state index contributed by atoms with van der Waals surface area (Å²) < 4.78 is 45.9. The number of carboxylic acid groups (broad SMARTS) is 1. The average molecular weight is 739 g/mol. The average Bonchev–Trinajstić information content (AvgIpc) is 3.54. The number of carbonyl (C=O) groups excluding carboxylic acids is 3. The highest BCUT2D eigenvalue weighted by molar-refractivity contribution is 7.89. The quantitative estimate of drug-likeness (QED) is 0.129. The summed E-state index contributed by atoms with van der Waals surface area (Å²) in [5.41, 5.74) is 6.95. The number of anilines is 1. The van der Waals surface area contributed by atoms with Crippen molar-refractivity contribution < 1.29 is 46.9 Å². The molecule has 0 bridgehead atoms. The fourth-order valence-corrected chi connectivity index (χ4v) is 6.82. The van der Waals surface area contributed by atoms with Crippen LogP contribution in [0.15, 0.2) is 59.5 Å². The zero-order valence-electron chi connectivity index (χ0n) is 28.9. The third kappa shape index (κ3) is 13.5. The fraction of sp³-hybridized carbons (Fsp3) is 0.529. The van der Waals surface area contributed by atoms with Crippen molar-refractivity contribution in [3.05, 3.63) is 60.2 Å². The lowest BCUT2D eigenvalue weighted by atomic mass is 10.0. The lowest BCUT2D eigenvalue weighted by Crippen LogP contribution is -2.53. The number of esters is 1. The first-order valence-electron chi connectivity index (χ1n) is 16.3. The molecule has 278 valence electrons. The van der Waals surface area contributed by atoms with Gasteiger partial charge in [0, 0.05) is 25.1 Å². The summed E-state index contributed by atoms with van der Waals surface area (Å²) in [6.45, 7) is 7.35. The minimum Gasteiger partial charge on any atom is -0.480 e. The van der Waals surface area contributed by atoms with Crippen LogP contribution in [0.4, 0.5) is 10.5 Å². The van der Waals surface area contributed by atoms with E-state index in [2.05, 4.69) is 10.6 Å². The van der Waals surface area contributed by atoms with Gasteiger partial charge >= 0.3 is 18.0 Å². The number of sulfonamides is 1. The molecule has 4 atom stereocenters. The lowest BCUT2D eigenvalue weighted by Gasteiger charge is -2.33. The molecule has 0 spiro atoms. The number of nitrogen functional groups attached to an aromatic ring is 1. The number of hydrogen-bond acceptors (Lipinski definition) is 10. The van der Waals surface area contributed by atoms with Gasteiger partial charge in [0.15, 0.2) is 0 Å². The highest BCUT2D eigenvalue weighted by Crippen LogP contribution is 2.22. The van der Waals surface area contributed by atoms with Crippen LogP contribution in [-0.2, 0) is 45.0 Å². The van der Waals surface area contributed by atoms with E-state index in [4.69, 9.17) is 19.9 Å². The van der Waals surface area contributed by atoms with E-state index in [1.807, 2.05) is 32.0 Å². The molecule has 5 N–H and O–H groups in total. The Kier molecular flexibility index (Phi) is 17.0. The normalized spacial score (nSPS) is 16.3. The first kappa shape index (κ1) is 42.3. The van der Waals surface area contributed by atoms with Crippen molar-refractivity contribution in [2.75, 3.05) is 32.0 Å². The first-order chi connectivity index (χ1) is 23.1.